The molecule has 1 rings (SSSR count). The predicted octanol–water partition coefficient (Wildman–Crippen LogP) is 4.90. The number of rotatable bonds is 8. The highest BCUT2D eigenvalue weighted by Gasteiger charge is 2.39. The summed E-state index contributed by atoms with van der Waals surface area (Å²) in [5, 5.41) is 0. The zero-order valence-electron chi connectivity index (χ0n) is 16.1. The van der Waals surface area contributed by atoms with E-state index in [1.807, 2.05) is 0 Å². The Labute approximate surface area is 139 Å². The van der Waals surface area contributed by atoms with E-state index in [1.54, 1.807) is 0 Å². The minimum absolute atomic E-state index is 0.0609. The number of hydrogen-bond donors (Lipinski definition) is 0. The highest BCUT2D eigenvalue weighted by atomic mass is 31.2. The third-order valence-electron chi connectivity index (χ3n) is 4.79. The molecule has 0 aliphatic carbocycles. The van der Waals surface area contributed by atoms with Gasteiger partial charge in [0.15, 0.2) is 7.51 Å². The molecule has 1 heterocycles. The summed E-state index contributed by atoms with van der Waals surface area (Å²) < 4.78 is 13.3. The molecule has 0 bridgehead atoms. The first-order valence-electron chi connectivity index (χ1n) is 9.16. The second-order valence-corrected chi connectivity index (χ2v) is 10.4. The number of hydrogen-bond acceptors (Lipinski definition) is 1. The molecular weight excluding hydrogens is 291 g/mol. The lowest BCUT2D eigenvalue weighted by Gasteiger charge is -2.51. The Kier molecular flexibility index (Phi) is 8.08. The molecule has 0 aromatic heterocycles. The molecule has 0 aromatic rings. The van der Waals surface area contributed by atoms with Crippen molar-refractivity contribution in [2.75, 3.05) is 40.3 Å². The maximum atomic E-state index is 5.56. The summed E-state index contributed by atoms with van der Waals surface area (Å²) in [5.41, 5.74) is 0.0609. The lowest BCUT2D eigenvalue weighted by molar-refractivity contribution is 0.307. The second kappa shape index (κ2) is 8.82. The van der Waals surface area contributed by atoms with Crippen LogP contribution < -0.4 is 0 Å². The van der Waals surface area contributed by atoms with Gasteiger partial charge in [0.2, 0.25) is 0 Å². The second-order valence-electron chi connectivity index (χ2n) is 7.16. The van der Waals surface area contributed by atoms with Gasteiger partial charge < -0.3 is 0 Å². The smallest absolute Gasteiger partial charge is 0.167 e. The molecular formula is C17H39N4P. The van der Waals surface area contributed by atoms with Gasteiger partial charge in [-0.05, 0) is 40.8 Å². The van der Waals surface area contributed by atoms with Crippen LogP contribution in [0.1, 0.15) is 66.7 Å². The van der Waals surface area contributed by atoms with Crippen molar-refractivity contribution in [3.8, 4) is 0 Å². The summed E-state index contributed by atoms with van der Waals surface area (Å²) in [7, 11) is 2.84. The molecule has 0 aromatic carbocycles. The average molecular weight is 331 g/mol. The number of nitrogens with zero attached hydrogens (tertiary/aromatic N) is 4. The van der Waals surface area contributed by atoms with Crippen molar-refractivity contribution >= 4 is 7.51 Å². The fourth-order valence-electron chi connectivity index (χ4n) is 3.53. The van der Waals surface area contributed by atoms with Crippen LogP contribution in [0.2, 0.25) is 0 Å². The van der Waals surface area contributed by atoms with E-state index in [2.05, 4.69) is 62.7 Å². The van der Waals surface area contributed by atoms with Crippen LogP contribution in [0.5, 0.6) is 0 Å². The van der Waals surface area contributed by atoms with Gasteiger partial charge in [-0.25, -0.2) is 14.0 Å². The quantitative estimate of drug-likeness (QED) is 0.467. The van der Waals surface area contributed by atoms with E-state index in [9.17, 15) is 0 Å². The summed E-state index contributed by atoms with van der Waals surface area (Å²) in [6.45, 7) is 16.0. The van der Waals surface area contributed by atoms with E-state index in [0.717, 1.165) is 13.1 Å². The molecule has 0 unspecified atom stereocenters. The Morgan fingerprint density at radius 1 is 1.00 bits per heavy atom. The Morgan fingerprint density at radius 2 is 1.55 bits per heavy atom. The molecule has 5 heteroatoms. The third kappa shape index (κ3) is 4.56. The van der Waals surface area contributed by atoms with E-state index in [0.29, 0.717) is 0 Å². The van der Waals surface area contributed by atoms with E-state index in [1.165, 1.54) is 45.2 Å². The van der Waals surface area contributed by atoms with Crippen LogP contribution in [0, 0.1) is 0 Å². The molecule has 22 heavy (non-hydrogen) atoms. The first kappa shape index (κ1) is 20.2. The molecule has 4 nitrogen and oxygen atoms in total. The van der Waals surface area contributed by atoms with E-state index in [4.69, 9.17) is 4.74 Å². The van der Waals surface area contributed by atoms with Crippen LogP contribution in [-0.4, -0.2) is 59.8 Å². The maximum absolute atomic E-state index is 5.56. The van der Waals surface area contributed by atoms with Crippen molar-refractivity contribution in [3.05, 3.63) is 0 Å². The van der Waals surface area contributed by atoms with Crippen LogP contribution in [-0.2, 0) is 0 Å². The van der Waals surface area contributed by atoms with Crippen LogP contribution in [0.25, 0.3) is 0 Å². The van der Waals surface area contributed by atoms with Gasteiger partial charge in [-0.3, -0.25) is 4.74 Å². The van der Waals surface area contributed by atoms with Gasteiger partial charge in [-0.2, -0.15) is 0 Å². The largest absolute Gasteiger partial charge is 0.254 e. The molecule has 1 saturated heterocycles. The van der Waals surface area contributed by atoms with E-state index < -0.39 is 7.51 Å². The normalized spacial score (nSPS) is 20.5. The van der Waals surface area contributed by atoms with Gasteiger partial charge in [-0.15, -0.1) is 0 Å². The molecule has 1 fully saturated rings. The van der Waals surface area contributed by atoms with Crippen LogP contribution in [0.4, 0.5) is 0 Å². The van der Waals surface area contributed by atoms with Crippen molar-refractivity contribution in [3.63, 3.8) is 0 Å². The summed E-state index contributed by atoms with van der Waals surface area (Å²) in [5.74, 6) is 0. The SMILES string of the molecule is CCCCCC(C)(C)N=P1(N(CC)CC)N(C)CCCN1C. The summed E-state index contributed by atoms with van der Waals surface area (Å²) >= 11 is 0. The standard InChI is InChI=1S/C17H39N4P/c1-8-11-12-14-17(4,5)18-22(21(9-2)10-3)19(6)15-13-16-20(22)7/h8-16H2,1-7H3. The number of unbranched alkanes of at least 4 members (excludes halogenated alkanes) is 2. The highest BCUT2D eigenvalue weighted by molar-refractivity contribution is 7.59. The lowest BCUT2D eigenvalue weighted by Crippen LogP contribution is -2.44. The molecule has 0 amide bonds. The van der Waals surface area contributed by atoms with E-state index >= 15 is 0 Å². The van der Waals surface area contributed by atoms with Gasteiger partial charge in [0.25, 0.3) is 0 Å². The van der Waals surface area contributed by atoms with Gasteiger partial charge in [-0.1, -0.05) is 40.0 Å². The Balaban J connectivity index is 3.21. The fourth-order valence-corrected chi connectivity index (χ4v) is 7.75. The van der Waals surface area contributed by atoms with Crippen molar-refractivity contribution in [2.24, 2.45) is 4.74 Å². The molecule has 0 atom stereocenters. The van der Waals surface area contributed by atoms with Crippen LogP contribution in [0.3, 0.4) is 0 Å². The Bertz CT molecular complexity index is 363. The predicted molar refractivity (Wildman–Crippen MR) is 100 cm³/mol. The average Bonchev–Trinajstić information content (AvgIpc) is 2.45. The summed E-state index contributed by atoms with van der Waals surface area (Å²) in [6, 6.07) is 0. The molecule has 0 radical (unpaired) electrons. The zero-order valence-corrected chi connectivity index (χ0v) is 17.0. The fraction of sp³-hybridized carbons (Fsp3) is 1.00. The molecule has 0 spiro atoms. The highest BCUT2D eigenvalue weighted by Crippen LogP contribution is 2.61. The molecule has 1 aliphatic rings. The molecule has 0 N–H and O–H groups in total. The van der Waals surface area contributed by atoms with Gasteiger partial charge >= 0.3 is 0 Å². The zero-order chi connectivity index (χ0) is 16.8. The summed E-state index contributed by atoms with van der Waals surface area (Å²) in [4.78, 5) is 0. The minimum Gasteiger partial charge on any atom is -0.254 e. The molecule has 0 saturated carbocycles. The van der Waals surface area contributed by atoms with Crippen LogP contribution in [0.15, 0.2) is 4.74 Å². The Morgan fingerprint density at radius 3 is 2.00 bits per heavy atom. The monoisotopic (exact) mass is 330 g/mol. The first-order valence-corrected chi connectivity index (χ1v) is 10.8. The third-order valence-corrected chi connectivity index (χ3v) is 9.15. The minimum atomic E-state index is -1.73. The van der Waals surface area contributed by atoms with Crippen LogP contribution >= 0.6 is 7.51 Å². The topological polar surface area (TPSA) is 22.1 Å². The summed E-state index contributed by atoms with van der Waals surface area (Å²) in [6.07, 6.45) is 6.35. The van der Waals surface area contributed by atoms with Gasteiger partial charge in [0, 0.05) is 26.2 Å². The lowest BCUT2D eigenvalue weighted by atomic mass is 9.98. The molecule has 132 valence electrons. The van der Waals surface area contributed by atoms with Crippen molar-refractivity contribution in [2.45, 2.75) is 72.3 Å². The maximum Gasteiger partial charge on any atom is 0.167 e. The van der Waals surface area contributed by atoms with E-state index in [-0.39, 0.29) is 5.54 Å². The first-order chi connectivity index (χ1) is 10.3. The van der Waals surface area contributed by atoms with Crippen molar-refractivity contribution in [1.82, 2.24) is 14.0 Å². The van der Waals surface area contributed by atoms with Crippen molar-refractivity contribution < 1.29 is 0 Å². The van der Waals surface area contributed by atoms with Gasteiger partial charge in [0.05, 0.1) is 5.54 Å². The Hall–Kier alpha value is 0.110. The molecule has 1 aliphatic heterocycles. The van der Waals surface area contributed by atoms with Gasteiger partial charge in [0.1, 0.15) is 0 Å². The van der Waals surface area contributed by atoms with Crippen molar-refractivity contribution in [1.29, 1.82) is 0 Å².